The number of aliphatic hydroxyl groups excluding tert-OH is 1. The zero-order chi connectivity index (χ0) is 60.1. The summed E-state index contributed by atoms with van der Waals surface area (Å²) in [5, 5.41) is 10.5. The Morgan fingerprint density at radius 2 is 0.568 bits per heavy atom. The second kappa shape index (κ2) is 54.7. The highest BCUT2D eigenvalue weighted by molar-refractivity contribution is 7.47. The summed E-state index contributed by atoms with van der Waals surface area (Å²) in [7, 11) is -9.87. The predicted molar refractivity (Wildman–Crippen MR) is 321 cm³/mol. The Morgan fingerprint density at radius 1 is 0.333 bits per heavy atom. The summed E-state index contributed by atoms with van der Waals surface area (Å²) < 4.78 is 67.7. The maximum Gasteiger partial charge on any atom is 0.472 e. The van der Waals surface area contributed by atoms with E-state index in [1.165, 1.54) is 116 Å². The number of hydrogen-bond acceptors (Lipinski definition) is 15. The number of esters is 4. The zero-order valence-electron chi connectivity index (χ0n) is 52.1. The van der Waals surface area contributed by atoms with Crippen LogP contribution in [0.15, 0.2) is 0 Å². The first-order valence-corrected chi connectivity index (χ1v) is 35.5. The van der Waals surface area contributed by atoms with Gasteiger partial charge in [0.1, 0.15) is 19.3 Å². The monoisotopic (exact) mass is 1200 g/mol. The van der Waals surface area contributed by atoms with Crippen molar-refractivity contribution in [1.82, 2.24) is 0 Å². The highest BCUT2D eigenvalue weighted by Gasteiger charge is 2.30. The largest absolute Gasteiger partial charge is 0.472 e. The summed E-state index contributed by atoms with van der Waals surface area (Å²) in [6.07, 6.45) is 36.5. The maximum atomic E-state index is 12.9. The number of aliphatic hydroxyl groups is 1. The van der Waals surface area contributed by atoms with Crippen molar-refractivity contribution in [2.24, 2.45) is 11.8 Å². The molecule has 0 amide bonds. The lowest BCUT2D eigenvalue weighted by atomic mass is 10.0. The Hall–Kier alpha value is -1.94. The van der Waals surface area contributed by atoms with Gasteiger partial charge in [-0.2, -0.15) is 0 Å². The smallest absolute Gasteiger partial charge is 0.462 e. The molecule has 0 aromatic heterocycles. The highest BCUT2D eigenvalue weighted by Crippen LogP contribution is 2.45. The molecule has 0 aliphatic heterocycles. The van der Waals surface area contributed by atoms with Crippen LogP contribution in [0.1, 0.15) is 305 Å². The molecule has 0 aliphatic carbocycles. The van der Waals surface area contributed by atoms with Crippen LogP contribution < -0.4 is 0 Å². The molecule has 0 rings (SSSR count). The number of rotatable bonds is 61. The quantitative estimate of drug-likeness (QED) is 0.0222. The van der Waals surface area contributed by atoms with Gasteiger partial charge in [-0.15, -0.1) is 0 Å². The minimum atomic E-state index is -4.94. The fourth-order valence-corrected chi connectivity index (χ4v) is 10.8. The third kappa shape index (κ3) is 56.9. The van der Waals surface area contributed by atoms with Gasteiger partial charge in [0, 0.05) is 25.7 Å². The SMILES string of the molecule is CCCCCCCCCCCCCC(=O)O[C@H](COC(=O)CCCCCCC)COP(=O)(O)OC[C@H](O)COP(=O)(O)OC[C@@H](COC(=O)CCCCCCCCCCC(C)C)OC(=O)CCCCCCCCCCCCCC(C)C. The molecular formula is C62H120O17P2. The summed E-state index contributed by atoms with van der Waals surface area (Å²) in [5.41, 5.74) is 0. The van der Waals surface area contributed by atoms with Gasteiger partial charge in [0.2, 0.25) is 0 Å². The Morgan fingerprint density at radius 3 is 0.840 bits per heavy atom. The molecule has 81 heavy (non-hydrogen) atoms. The molecule has 19 heteroatoms. The molecular weight excluding hydrogens is 1080 g/mol. The first-order valence-electron chi connectivity index (χ1n) is 32.5. The van der Waals surface area contributed by atoms with Gasteiger partial charge in [0.15, 0.2) is 12.2 Å². The van der Waals surface area contributed by atoms with Crippen LogP contribution in [0.2, 0.25) is 0 Å². The van der Waals surface area contributed by atoms with Crippen LogP contribution in [0.4, 0.5) is 0 Å². The lowest BCUT2D eigenvalue weighted by Crippen LogP contribution is -2.30. The van der Waals surface area contributed by atoms with E-state index in [4.69, 9.17) is 37.0 Å². The fraction of sp³-hybridized carbons (Fsp3) is 0.935. The van der Waals surface area contributed by atoms with Gasteiger partial charge < -0.3 is 33.8 Å². The Labute approximate surface area is 492 Å². The van der Waals surface area contributed by atoms with Crippen LogP contribution in [-0.2, 0) is 65.4 Å². The first-order chi connectivity index (χ1) is 38.9. The molecule has 3 N–H and O–H groups in total. The lowest BCUT2D eigenvalue weighted by Gasteiger charge is -2.21. The lowest BCUT2D eigenvalue weighted by molar-refractivity contribution is -0.161. The molecule has 17 nitrogen and oxygen atoms in total. The molecule has 0 aromatic carbocycles. The third-order valence-corrected chi connectivity index (χ3v) is 16.1. The molecule has 0 bridgehead atoms. The van der Waals surface area contributed by atoms with Crippen LogP contribution in [0, 0.1) is 11.8 Å². The van der Waals surface area contributed by atoms with Crippen LogP contribution in [-0.4, -0.2) is 96.7 Å². The van der Waals surface area contributed by atoms with Crippen LogP contribution in [0.3, 0.4) is 0 Å². The number of carbonyl (C=O) groups is 4. The summed E-state index contributed by atoms with van der Waals surface area (Å²) in [6, 6.07) is 0. The Bertz CT molecular complexity index is 1600. The van der Waals surface area contributed by atoms with Gasteiger partial charge in [-0.05, 0) is 37.5 Å². The van der Waals surface area contributed by atoms with Gasteiger partial charge in [0.05, 0.1) is 26.4 Å². The zero-order valence-corrected chi connectivity index (χ0v) is 53.9. The van der Waals surface area contributed by atoms with Crippen LogP contribution >= 0.6 is 15.6 Å². The Balaban J connectivity index is 5.18. The van der Waals surface area contributed by atoms with Crippen molar-refractivity contribution in [2.75, 3.05) is 39.6 Å². The maximum absolute atomic E-state index is 12.9. The van der Waals surface area contributed by atoms with Crippen molar-refractivity contribution in [3.05, 3.63) is 0 Å². The number of phosphoric acid groups is 2. The van der Waals surface area contributed by atoms with E-state index < -0.39 is 97.5 Å². The summed E-state index contributed by atoms with van der Waals surface area (Å²) in [5.74, 6) is -0.655. The number of ether oxygens (including phenoxy) is 4. The molecule has 480 valence electrons. The summed E-state index contributed by atoms with van der Waals surface area (Å²) >= 11 is 0. The van der Waals surface area contributed by atoms with Gasteiger partial charge in [0.25, 0.3) is 0 Å². The minimum Gasteiger partial charge on any atom is -0.462 e. The molecule has 5 atom stereocenters. The standard InChI is InChI=1S/C62H120O17P2/c1-7-9-11-13-14-15-17-21-28-34-40-46-61(66)78-57(50-72-59(64)44-38-30-12-10-8-2)52-76-80(68,69)74-48-56(63)49-75-81(70,71)77-53-58(51-73-60(65)45-39-33-27-24-23-26-32-37-43-55(5)6)79-62(67)47-41-35-29-22-19-16-18-20-25-31-36-42-54(3)4/h54-58,63H,7-53H2,1-6H3,(H,68,69)(H,70,71)/t56-,57+,58+/m0/s1. The van der Waals surface area contributed by atoms with Crippen molar-refractivity contribution in [2.45, 2.75) is 323 Å². The van der Waals surface area contributed by atoms with Gasteiger partial charge in [-0.25, -0.2) is 9.13 Å². The van der Waals surface area contributed by atoms with Crippen molar-refractivity contribution < 1.29 is 80.2 Å². The highest BCUT2D eigenvalue weighted by atomic mass is 31.2. The average molecular weight is 1200 g/mol. The van der Waals surface area contributed by atoms with Crippen LogP contribution in [0.5, 0.6) is 0 Å². The van der Waals surface area contributed by atoms with E-state index in [9.17, 15) is 43.2 Å². The third-order valence-electron chi connectivity index (χ3n) is 14.2. The normalized spacial score (nSPS) is 14.4. The first kappa shape index (κ1) is 79.1. The fourth-order valence-electron chi connectivity index (χ4n) is 9.18. The number of unbranched alkanes of at least 4 members (excludes halogenated alkanes) is 31. The molecule has 0 spiro atoms. The molecule has 0 heterocycles. The molecule has 0 saturated heterocycles. The van der Waals surface area contributed by atoms with E-state index in [0.717, 1.165) is 108 Å². The van der Waals surface area contributed by atoms with Crippen molar-refractivity contribution in [3.8, 4) is 0 Å². The number of carbonyl (C=O) groups excluding carboxylic acids is 4. The molecule has 0 saturated carbocycles. The van der Waals surface area contributed by atoms with E-state index in [2.05, 4.69) is 41.5 Å². The summed E-state index contributed by atoms with van der Waals surface area (Å²) in [4.78, 5) is 71.9. The molecule has 0 aromatic rings. The van der Waals surface area contributed by atoms with Gasteiger partial charge in [-0.3, -0.25) is 37.3 Å². The average Bonchev–Trinajstić information content (AvgIpc) is 3.42. The van der Waals surface area contributed by atoms with Crippen LogP contribution in [0.25, 0.3) is 0 Å². The summed E-state index contributed by atoms with van der Waals surface area (Å²) in [6.45, 7) is 9.36. The predicted octanol–water partition coefficient (Wildman–Crippen LogP) is 16.9. The molecule has 0 aliphatic rings. The van der Waals surface area contributed by atoms with E-state index >= 15 is 0 Å². The van der Waals surface area contributed by atoms with E-state index in [1.54, 1.807) is 0 Å². The van der Waals surface area contributed by atoms with Crippen molar-refractivity contribution in [1.29, 1.82) is 0 Å². The minimum absolute atomic E-state index is 0.106. The van der Waals surface area contributed by atoms with Gasteiger partial charge >= 0.3 is 39.5 Å². The molecule has 0 radical (unpaired) electrons. The number of phosphoric ester groups is 2. The Kier molecular flexibility index (Phi) is 53.4. The van der Waals surface area contributed by atoms with E-state index in [-0.39, 0.29) is 25.7 Å². The molecule has 2 unspecified atom stereocenters. The van der Waals surface area contributed by atoms with Gasteiger partial charge in [-0.1, -0.05) is 253 Å². The number of hydrogen-bond donors (Lipinski definition) is 3. The second-order valence-corrected chi connectivity index (χ2v) is 26.3. The van der Waals surface area contributed by atoms with E-state index in [0.29, 0.717) is 25.7 Å². The van der Waals surface area contributed by atoms with E-state index in [1.807, 2.05) is 0 Å². The van der Waals surface area contributed by atoms with Crippen molar-refractivity contribution >= 4 is 39.5 Å². The topological polar surface area (TPSA) is 237 Å². The molecule has 0 fully saturated rings. The second-order valence-electron chi connectivity index (χ2n) is 23.4. The van der Waals surface area contributed by atoms with Crippen molar-refractivity contribution in [3.63, 3.8) is 0 Å².